The van der Waals surface area contributed by atoms with E-state index in [4.69, 9.17) is 0 Å². The van der Waals surface area contributed by atoms with E-state index in [9.17, 15) is 4.79 Å². The quantitative estimate of drug-likeness (QED) is 0.793. The molecule has 0 aliphatic carbocycles. The monoisotopic (exact) mass is 265 g/mol. The molecule has 0 spiro atoms. The van der Waals surface area contributed by atoms with Gasteiger partial charge in [0.2, 0.25) is 5.91 Å². The van der Waals surface area contributed by atoms with Gasteiger partial charge in [-0.1, -0.05) is 22.9 Å². The highest BCUT2D eigenvalue weighted by Crippen LogP contribution is 2.17. The van der Waals surface area contributed by atoms with Crippen molar-refractivity contribution in [2.75, 3.05) is 11.5 Å². The van der Waals surface area contributed by atoms with Crippen LogP contribution in [0.1, 0.15) is 26.2 Å². The predicted octanol–water partition coefficient (Wildman–Crippen LogP) is 2.17. The van der Waals surface area contributed by atoms with Crippen molar-refractivity contribution >= 4 is 33.6 Å². The van der Waals surface area contributed by atoms with Gasteiger partial charge in [0.05, 0.1) is 4.83 Å². The molecule has 1 amide bonds. The van der Waals surface area contributed by atoms with Gasteiger partial charge in [0.25, 0.3) is 0 Å². The Morgan fingerprint density at radius 1 is 1.77 bits per heavy atom. The molecule has 0 bridgehead atoms. The first-order chi connectivity index (χ1) is 6.24. The van der Waals surface area contributed by atoms with Crippen molar-refractivity contribution < 1.29 is 4.79 Å². The fraction of sp³-hybridized carbons (Fsp3) is 0.889. The van der Waals surface area contributed by atoms with Crippen LogP contribution in [0.3, 0.4) is 0 Å². The van der Waals surface area contributed by atoms with Crippen LogP contribution in [0, 0.1) is 0 Å². The molecule has 1 rings (SSSR count). The van der Waals surface area contributed by atoms with Gasteiger partial charge in [-0.25, -0.2) is 0 Å². The van der Waals surface area contributed by atoms with E-state index >= 15 is 0 Å². The summed E-state index contributed by atoms with van der Waals surface area (Å²) in [5.74, 6) is 2.47. The van der Waals surface area contributed by atoms with Crippen LogP contribution >= 0.6 is 27.7 Å². The average Bonchev–Trinajstić information content (AvgIpc) is 2.18. The summed E-state index contributed by atoms with van der Waals surface area (Å²) in [4.78, 5) is 11.5. The lowest BCUT2D eigenvalue weighted by Crippen LogP contribution is -2.41. The van der Waals surface area contributed by atoms with Crippen LogP contribution in [-0.2, 0) is 4.79 Å². The van der Waals surface area contributed by atoms with Crippen LogP contribution in [0.25, 0.3) is 0 Å². The van der Waals surface area contributed by atoms with Crippen molar-refractivity contribution in [2.45, 2.75) is 37.1 Å². The van der Waals surface area contributed by atoms with Gasteiger partial charge < -0.3 is 5.32 Å². The number of hydrogen-bond acceptors (Lipinski definition) is 2. The molecule has 0 saturated carbocycles. The number of nitrogens with one attached hydrogen (secondary N) is 1. The number of amides is 1. The molecule has 2 nitrogen and oxygen atoms in total. The van der Waals surface area contributed by atoms with E-state index in [0.717, 1.165) is 18.6 Å². The fourth-order valence-corrected chi connectivity index (χ4v) is 2.54. The summed E-state index contributed by atoms with van der Waals surface area (Å²) in [6.07, 6.45) is 3.22. The number of carbonyl (C=O) groups is 1. The van der Waals surface area contributed by atoms with Gasteiger partial charge in [0.1, 0.15) is 0 Å². The Morgan fingerprint density at radius 2 is 2.54 bits per heavy atom. The number of rotatable bonds is 3. The number of carbonyl (C=O) groups excluding carboxylic acids is 1. The zero-order valence-electron chi connectivity index (χ0n) is 7.88. The minimum absolute atomic E-state index is 0.0144. The van der Waals surface area contributed by atoms with Crippen LogP contribution in [0.15, 0.2) is 0 Å². The highest BCUT2D eigenvalue weighted by Gasteiger charge is 2.19. The second kappa shape index (κ2) is 5.91. The van der Waals surface area contributed by atoms with E-state index in [1.165, 1.54) is 12.2 Å². The SMILES string of the molecule is CCC(Br)C(=O)NC1CCCSC1. The minimum atomic E-state index is -0.0144. The maximum absolute atomic E-state index is 11.5. The Balaban J connectivity index is 2.26. The van der Waals surface area contributed by atoms with E-state index < -0.39 is 0 Å². The lowest BCUT2D eigenvalue weighted by Gasteiger charge is -2.23. The Kier molecular flexibility index (Phi) is 5.17. The van der Waals surface area contributed by atoms with Crippen molar-refractivity contribution in [3.05, 3.63) is 0 Å². The molecule has 2 unspecified atom stereocenters. The van der Waals surface area contributed by atoms with Crippen LogP contribution in [0.4, 0.5) is 0 Å². The van der Waals surface area contributed by atoms with Crippen molar-refractivity contribution in [3.8, 4) is 0 Å². The third-order valence-corrected chi connectivity index (χ3v) is 4.43. The Morgan fingerprint density at radius 3 is 3.08 bits per heavy atom. The molecule has 1 aliphatic heterocycles. The molecule has 1 fully saturated rings. The number of thioether (sulfide) groups is 1. The van der Waals surface area contributed by atoms with Gasteiger partial charge in [0.15, 0.2) is 0 Å². The first kappa shape index (κ1) is 11.4. The molecule has 76 valence electrons. The van der Waals surface area contributed by atoms with Gasteiger partial charge in [-0.05, 0) is 25.0 Å². The molecule has 1 heterocycles. The standard InChI is InChI=1S/C9H16BrNOS/c1-2-8(10)9(12)11-7-4-3-5-13-6-7/h7-8H,2-6H2,1H3,(H,11,12). The van der Waals surface area contributed by atoms with Crippen molar-refractivity contribution in [1.82, 2.24) is 5.32 Å². The molecule has 1 saturated heterocycles. The molecular weight excluding hydrogens is 250 g/mol. The normalized spacial score (nSPS) is 25.2. The summed E-state index contributed by atoms with van der Waals surface area (Å²) in [7, 11) is 0. The van der Waals surface area contributed by atoms with Crippen LogP contribution in [0.5, 0.6) is 0 Å². The summed E-state index contributed by atoms with van der Waals surface area (Å²) >= 11 is 5.28. The summed E-state index contributed by atoms with van der Waals surface area (Å²) in [5, 5.41) is 3.06. The first-order valence-corrected chi connectivity index (χ1v) is 6.83. The second-order valence-electron chi connectivity index (χ2n) is 3.30. The maximum atomic E-state index is 11.5. The van der Waals surface area contributed by atoms with Gasteiger partial charge in [-0.15, -0.1) is 0 Å². The third-order valence-electron chi connectivity index (χ3n) is 2.15. The predicted molar refractivity (Wildman–Crippen MR) is 61.5 cm³/mol. The van der Waals surface area contributed by atoms with Gasteiger partial charge in [-0.3, -0.25) is 4.79 Å². The van der Waals surface area contributed by atoms with Crippen LogP contribution in [-0.4, -0.2) is 28.3 Å². The third kappa shape index (κ3) is 3.90. The fourth-order valence-electron chi connectivity index (χ4n) is 1.33. The van der Waals surface area contributed by atoms with Gasteiger partial charge in [-0.2, -0.15) is 11.8 Å². The van der Waals surface area contributed by atoms with Crippen LogP contribution < -0.4 is 5.32 Å². The largest absolute Gasteiger partial charge is 0.352 e. The van der Waals surface area contributed by atoms with Crippen molar-refractivity contribution in [3.63, 3.8) is 0 Å². The summed E-state index contributed by atoms with van der Waals surface area (Å²) in [6.45, 7) is 2.01. The molecule has 1 N–H and O–H groups in total. The van der Waals surface area contributed by atoms with Crippen molar-refractivity contribution in [1.29, 1.82) is 0 Å². The Bertz CT molecular complexity index is 171. The Labute approximate surface area is 92.4 Å². The molecule has 0 aromatic rings. The van der Waals surface area contributed by atoms with E-state index in [1.54, 1.807) is 0 Å². The average molecular weight is 266 g/mol. The Hall–Kier alpha value is 0.300. The highest BCUT2D eigenvalue weighted by molar-refractivity contribution is 9.10. The van der Waals surface area contributed by atoms with Crippen LogP contribution in [0.2, 0.25) is 0 Å². The molecule has 1 aliphatic rings. The molecular formula is C9H16BrNOS. The van der Waals surface area contributed by atoms with E-state index in [0.29, 0.717) is 6.04 Å². The lowest BCUT2D eigenvalue weighted by atomic mass is 10.2. The summed E-state index contributed by atoms with van der Waals surface area (Å²) in [5.41, 5.74) is 0. The molecule has 0 aromatic heterocycles. The van der Waals surface area contributed by atoms with E-state index in [1.807, 2.05) is 18.7 Å². The molecule has 0 aromatic carbocycles. The van der Waals surface area contributed by atoms with E-state index in [2.05, 4.69) is 21.2 Å². The number of hydrogen-bond donors (Lipinski definition) is 1. The summed E-state index contributed by atoms with van der Waals surface area (Å²) < 4.78 is 0. The van der Waals surface area contributed by atoms with Crippen molar-refractivity contribution in [2.24, 2.45) is 0 Å². The number of halogens is 1. The minimum Gasteiger partial charge on any atom is -0.352 e. The number of alkyl halides is 1. The van der Waals surface area contributed by atoms with Gasteiger partial charge in [0, 0.05) is 11.8 Å². The molecule has 2 atom stereocenters. The van der Waals surface area contributed by atoms with E-state index in [-0.39, 0.29) is 10.7 Å². The maximum Gasteiger partial charge on any atom is 0.234 e. The van der Waals surface area contributed by atoms with Gasteiger partial charge >= 0.3 is 0 Å². The molecule has 13 heavy (non-hydrogen) atoms. The lowest BCUT2D eigenvalue weighted by molar-refractivity contribution is -0.121. The summed E-state index contributed by atoms with van der Waals surface area (Å²) in [6, 6.07) is 0.401. The molecule has 4 heteroatoms. The smallest absolute Gasteiger partial charge is 0.234 e. The molecule has 0 radical (unpaired) electrons. The highest BCUT2D eigenvalue weighted by atomic mass is 79.9. The second-order valence-corrected chi connectivity index (χ2v) is 5.55. The zero-order chi connectivity index (χ0) is 9.68. The zero-order valence-corrected chi connectivity index (χ0v) is 10.3. The topological polar surface area (TPSA) is 29.1 Å². The first-order valence-electron chi connectivity index (χ1n) is 4.76.